The summed E-state index contributed by atoms with van der Waals surface area (Å²) in [4.78, 5) is 15.3. The van der Waals surface area contributed by atoms with Crippen LogP contribution in [0.1, 0.15) is 17.3 Å². The van der Waals surface area contributed by atoms with Gasteiger partial charge in [0.05, 0.1) is 11.8 Å². The standard InChI is InChI=1S/C9H7BrN2O/c1-6(13)7-3-2-4-12-8(10)5-11-9(7)12/h2-5H,1H3. The fourth-order valence-corrected chi connectivity index (χ4v) is 1.64. The Labute approximate surface area is 83.5 Å². The number of rotatable bonds is 1. The second-order valence-corrected chi connectivity index (χ2v) is 3.57. The number of hydrogen-bond acceptors (Lipinski definition) is 2. The summed E-state index contributed by atoms with van der Waals surface area (Å²) in [5, 5.41) is 0. The summed E-state index contributed by atoms with van der Waals surface area (Å²) in [6.45, 7) is 1.54. The lowest BCUT2D eigenvalue weighted by atomic mass is 10.2. The van der Waals surface area contributed by atoms with Crippen LogP contribution in [0.4, 0.5) is 0 Å². The highest BCUT2D eigenvalue weighted by molar-refractivity contribution is 9.10. The van der Waals surface area contributed by atoms with Crippen LogP contribution in [0.5, 0.6) is 0 Å². The Morgan fingerprint density at radius 1 is 1.62 bits per heavy atom. The Morgan fingerprint density at radius 2 is 2.38 bits per heavy atom. The Hall–Kier alpha value is -1.16. The largest absolute Gasteiger partial charge is 0.294 e. The highest BCUT2D eigenvalue weighted by Crippen LogP contribution is 2.16. The number of carbonyl (C=O) groups excluding carboxylic acids is 1. The molecule has 66 valence electrons. The van der Waals surface area contributed by atoms with Gasteiger partial charge in [-0.1, -0.05) is 0 Å². The Morgan fingerprint density at radius 3 is 3.08 bits per heavy atom. The van der Waals surface area contributed by atoms with Gasteiger partial charge in [0.15, 0.2) is 5.78 Å². The molecule has 0 bridgehead atoms. The van der Waals surface area contributed by atoms with E-state index in [2.05, 4.69) is 20.9 Å². The molecule has 2 aromatic heterocycles. The molecule has 0 spiro atoms. The molecule has 2 aromatic rings. The maximum atomic E-state index is 11.2. The number of Topliss-reactive ketones (excluding diaryl/α,β-unsaturated/α-hetero) is 1. The molecule has 0 aliphatic heterocycles. The molecular weight excluding hydrogens is 232 g/mol. The Bertz CT molecular complexity index is 475. The zero-order chi connectivity index (χ0) is 9.42. The predicted octanol–water partition coefficient (Wildman–Crippen LogP) is 2.30. The minimum atomic E-state index is 0.0312. The van der Waals surface area contributed by atoms with E-state index in [0.717, 1.165) is 4.60 Å². The summed E-state index contributed by atoms with van der Waals surface area (Å²) in [5.41, 5.74) is 1.34. The van der Waals surface area contributed by atoms with Crippen LogP contribution in [0, 0.1) is 0 Å². The van der Waals surface area contributed by atoms with Crippen molar-refractivity contribution in [3.05, 3.63) is 34.7 Å². The van der Waals surface area contributed by atoms with Crippen molar-refractivity contribution < 1.29 is 4.79 Å². The minimum Gasteiger partial charge on any atom is -0.294 e. The molecule has 0 N–H and O–H groups in total. The van der Waals surface area contributed by atoms with E-state index in [1.807, 2.05) is 16.7 Å². The SMILES string of the molecule is CC(=O)c1cccn2c(Br)cnc12. The molecule has 3 nitrogen and oxygen atoms in total. The highest BCUT2D eigenvalue weighted by Gasteiger charge is 2.08. The highest BCUT2D eigenvalue weighted by atomic mass is 79.9. The van der Waals surface area contributed by atoms with Crippen molar-refractivity contribution in [1.82, 2.24) is 9.38 Å². The molecule has 0 unspecified atom stereocenters. The molecular formula is C9H7BrN2O. The van der Waals surface area contributed by atoms with Crippen LogP contribution in [0.25, 0.3) is 5.65 Å². The van der Waals surface area contributed by atoms with Gasteiger partial charge < -0.3 is 0 Å². The number of ketones is 1. The van der Waals surface area contributed by atoms with Gasteiger partial charge in [0.2, 0.25) is 0 Å². The van der Waals surface area contributed by atoms with E-state index in [1.165, 1.54) is 6.92 Å². The average Bonchev–Trinajstić information content (AvgIpc) is 2.48. The van der Waals surface area contributed by atoms with Crippen LogP contribution in [0.2, 0.25) is 0 Å². The van der Waals surface area contributed by atoms with Crippen molar-refractivity contribution in [3.8, 4) is 0 Å². The molecule has 2 heterocycles. The van der Waals surface area contributed by atoms with Crippen LogP contribution in [-0.2, 0) is 0 Å². The first-order valence-corrected chi connectivity index (χ1v) is 4.62. The van der Waals surface area contributed by atoms with Crippen LogP contribution >= 0.6 is 15.9 Å². The van der Waals surface area contributed by atoms with Crippen molar-refractivity contribution >= 4 is 27.4 Å². The van der Waals surface area contributed by atoms with Crippen molar-refractivity contribution in [2.45, 2.75) is 6.92 Å². The third-order valence-electron chi connectivity index (χ3n) is 1.87. The van der Waals surface area contributed by atoms with Crippen LogP contribution < -0.4 is 0 Å². The third kappa shape index (κ3) is 1.27. The van der Waals surface area contributed by atoms with Gasteiger partial charge >= 0.3 is 0 Å². The average molecular weight is 239 g/mol. The van der Waals surface area contributed by atoms with Crippen LogP contribution in [0.3, 0.4) is 0 Å². The van der Waals surface area contributed by atoms with Gasteiger partial charge in [-0.05, 0) is 35.0 Å². The summed E-state index contributed by atoms with van der Waals surface area (Å²) in [5.74, 6) is 0.0312. The first kappa shape index (κ1) is 8.44. The van der Waals surface area contributed by atoms with Gasteiger partial charge in [-0.2, -0.15) is 0 Å². The van der Waals surface area contributed by atoms with Gasteiger partial charge in [-0.15, -0.1) is 0 Å². The van der Waals surface area contributed by atoms with Crippen molar-refractivity contribution in [1.29, 1.82) is 0 Å². The molecule has 0 amide bonds. The number of carbonyl (C=O) groups is 1. The lowest BCUT2D eigenvalue weighted by Gasteiger charge is -1.98. The quantitative estimate of drug-likeness (QED) is 0.715. The molecule has 0 saturated carbocycles. The maximum Gasteiger partial charge on any atom is 0.163 e. The summed E-state index contributed by atoms with van der Waals surface area (Å²) in [6, 6.07) is 3.60. The number of halogens is 1. The molecule has 0 aliphatic carbocycles. The molecule has 4 heteroatoms. The number of aromatic nitrogens is 2. The summed E-state index contributed by atoms with van der Waals surface area (Å²) >= 11 is 3.34. The number of hydrogen-bond donors (Lipinski definition) is 0. The molecule has 0 saturated heterocycles. The number of nitrogens with zero attached hydrogens (tertiary/aromatic N) is 2. The second-order valence-electron chi connectivity index (χ2n) is 2.75. The van der Waals surface area contributed by atoms with E-state index in [1.54, 1.807) is 12.3 Å². The minimum absolute atomic E-state index is 0.0312. The monoisotopic (exact) mass is 238 g/mol. The third-order valence-corrected chi connectivity index (χ3v) is 2.46. The normalized spacial score (nSPS) is 10.6. The van der Waals surface area contributed by atoms with Gasteiger partial charge in [-0.25, -0.2) is 4.98 Å². The lowest BCUT2D eigenvalue weighted by molar-refractivity contribution is 0.101. The van der Waals surface area contributed by atoms with Gasteiger partial charge in [0.1, 0.15) is 10.3 Å². The maximum absolute atomic E-state index is 11.2. The molecule has 0 aromatic carbocycles. The predicted molar refractivity (Wildman–Crippen MR) is 52.9 cm³/mol. The molecule has 0 aliphatic rings. The van der Waals surface area contributed by atoms with Crippen molar-refractivity contribution in [2.24, 2.45) is 0 Å². The molecule has 0 fully saturated rings. The smallest absolute Gasteiger partial charge is 0.163 e. The zero-order valence-electron chi connectivity index (χ0n) is 6.99. The Kier molecular flexibility index (Phi) is 1.92. The van der Waals surface area contributed by atoms with Gasteiger partial charge in [0, 0.05) is 6.20 Å². The lowest BCUT2D eigenvalue weighted by Crippen LogP contribution is -1.97. The molecule has 0 atom stereocenters. The molecule has 13 heavy (non-hydrogen) atoms. The number of imidazole rings is 1. The second kappa shape index (κ2) is 2.96. The van der Waals surface area contributed by atoms with E-state index in [0.29, 0.717) is 11.2 Å². The van der Waals surface area contributed by atoms with E-state index in [-0.39, 0.29) is 5.78 Å². The van der Waals surface area contributed by atoms with Crippen LogP contribution in [-0.4, -0.2) is 15.2 Å². The van der Waals surface area contributed by atoms with E-state index >= 15 is 0 Å². The van der Waals surface area contributed by atoms with E-state index in [4.69, 9.17) is 0 Å². The number of fused-ring (bicyclic) bond motifs is 1. The Balaban J connectivity index is 2.84. The summed E-state index contributed by atoms with van der Waals surface area (Å²) < 4.78 is 2.68. The fourth-order valence-electron chi connectivity index (χ4n) is 1.26. The fraction of sp³-hybridized carbons (Fsp3) is 0.111. The summed E-state index contributed by atoms with van der Waals surface area (Å²) in [7, 11) is 0. The van der Waals surface area contributed by atoms with Crippen molar-refractivity contribution in [2.75, 3.05) is 0 Å². The van der Waals surface area contributed by atoms with Crippen molar-refractivity contribution in [3.63, 3.8) is 0 Å². The van der Waals surface area contributed by atoms with E-state index < -0.39 is 0 Å². The van der Waals surface area contributed by atoms with Crippen LogP contribution in [0.15, 0.2) is 29.1 Å². The molecule has 0 radical (unpaired) electrons. The topological polar surface area (TPSA) is 34.4 Å². The first-order valence-electron chi connectivity index (χ1n) is 3.82. The van der Waals surface area contributed by atoms with Gasteiger partial charge in [0.25, 0.3) is 0 Å². The summed E-state index contributed by atoms with van der Waals surface area (Å²) in [6.07, 6.45) is 3.54. The molecule has 2 rings (SSSR count). The first-order chi connectivity index (χ1) is 6.20. The number of pyridine rings is 1. The van der Waals surface area contributed by atoms with E-state index in [9.17, 15) is 4.79 Å². The van der Waals surface area contributed by atoms with Gasteiger partial charge in [-0.3, -0.25) is 9.20 Å². The zero-order valence-corrected chi connectivity index (χ0v) is 8.58.